The van der Waals surface area contributed by atoms with Crippen molar-refractivity contribution in [3.8, 4) is 0 Å². The van der Waals surface area contributed by atoms with Gasteiger partial charge in [-0.1, -0.05) is 20.8 Å². The minimum atomic E-state index is -5.08. The number of hydrogen-bond acceptors (Lipinski definition) is 3. The van der Waals surface area contributed by atoms with Gasteiger partial charge in [0.05, 0.1) is 0 Å². The molecule has 2 heterocycles. The van der Waals surface area contributed by atoms with Gasteiger partial charge in [-0.05, 0) is 80.5 Å². The quantitative estimate of drug-likeness (QED) is 0.636. The van der Waals surface area contributed by atoms with Gasteiger partial charge in [-0.25, -0.2) is 4.79 Å². The maximum absolute atomic E-state index is 10.6. The lowest BCUT2D eigenvalue weighted by Gasteiger charge is -2.56. The summed E-state index contributed by atoms with van der Waals surface area (Å²) in [6.07, 6.45) is 7.35. The molecular weight excluding hydrogens is 407 g/mol. The van der Waals surface area contributed by atoms with E-state index in [9.17, 15) is 13.2 Å². The van der Waals surface area contributed by atoms with Crippen LogP contribution in [0.4, 0.5) is 13.2 Å². The van der Waals surface area contributed by atoms with Crippen molar-refractivity contribution in [3.63, 3.8) is 0 Å². The number of aromatic nitrogens is 3. The molecule has 4 aliphatic carbocycles. The van der Waals surface area contributed by atoms with E-state index in [1.807, 2.05) is 0 Å². The van der Waals surface area contributed by atoms with Crippen LogP contribution in [0, 0.1) is 29.1 Å². The third kappa shape index (κ3) is 4.49. The summed E-state index contributed by atoms with van der Waals surface area (Å²) in [7, 11) is 0. The number of rotatable bonds is 1. The van der Waals surface area contributed by atoms with Crippen molar-refractivity contribution in [2.24, 2.45) is 29.1 Å². The highest BCUT2D eigenvalue weighted by atomic mass is 19.4. The standard InChI is InChI=1S/C21H33N3.C2HF3O2/c1-20(2,3)17-4-5-18-22-23-19(24(18)7-6-17)21-11-14-8-15(12-21)10-16(9-14)13-21;3-2(4,5)1(6)7/h14-17H,4-13H2,1-3H3;(H,6,7). The molecule has 4 saturated carbocycles. The average molecular weight is 442 g/mol. The van der Waals surface area contributed by atoms with Gasteiger partial charge in [0.1, 0.15) is 11.6 Å². The molecule has 1 unspecified atom stereocenters. The van der Waals surface area contributed by atoms with E-state index in [1.165, 1.54) is 63.0 Å². The number of aryl methyl sites for hydroxylation is 1. The molecule has 8 heteroatoms. The summed E-state index contributed by atoms with van der Waals surface area (Å²) < 4.78 is 34.3. The summed E-state index contributed by atoms with van der Waals surface area (Å²) >= 11 is 0. The van der Waals surface area contributed by atoms with Crippen LogP contribution < -0.4 is 0 Å². The van der Waals surface area contributed by atoms with Crippen LogP contribution in [0.15, 0.2) is 0 Å². The third-order valence-electron chi connectivity index (χ3n) is 8.22. The van der Waals surface area contributed by atoms with Crippen LogP contribution in [0.5, 0.6) is 0 Å². The number of fused-ring (bicyclic) bond motifs is 1. The molecule has 1 aromatic heterocycles. The number of halogens is 3. The maximum Gasteiger partial charge on any atom is 0.490 e. The van der Waals surface area contributed by atoms with E-state index < -0.39 is 12.1 Å². The molecule has 1 aromatic rings. The molecule has 5 aliphatic rings. The second-order valence-corrected chi connectivity index (χ2v) is 11.5. The van der Waals surface area contributed by atoms with E-state index >= 15 is 0 Å². The van der Waals surface area contributed by atoms with E-state index in [1.54, 1.807) is 0 Å². The first-order chi connectivity index (χ1) is 14.4. The highest BCUT2D eigenvalue weighted by molar-refractivity contribution is 5.73. The van der Waals surface area contributed by atoms with Crippen LogP contribution >= 0.6 is 0 Å². The summed E-state index contributed by atoms with van der Waals surface area (Å²) in [5.41, 5.74) is 0.805. The molecule has 5 nitrogen and oxygen atoms in total. The molecule has 0 amide bonds. The first-order valence-electron chi connectivity index (χ1n) is 11.6. The molecule has 0 saturated heterocycles. The Morgan fingerprint density at radius 2 is 1.52 bits per heavy atom. The summed E-state index contributed by atoms with van der Waals surface area (Å²) in [5, 5.41) is 16.7. The molecule has 4 bridgehead atoms. The second kappa shape index (κ2) is 7.77. The topological polar surface area (TPSA) is 68.0 Å². The lowest BCUT2D eigenvalue weighted by molar-refractivity contribution is -0.192. The van der Waals surface area contributed by atoms with E-state index in [0.29, 0.717) is 10.8 Å². The highest BCUT2D eigenvalue weighted by Crippen LogP contribution is 2.60. The largest absolute Gasteiger partial charge is 0.490 e. The van der Waals surface area contributed by atoms with Crippen LogP contribution in [0.1, 0.15) is 83.8 Å². The van der Waals surface area contributed by atoms with Crippen LogP contribution in [0.3, 0.4) is 0 Å². The summed E-state index contributed by atoms with van der Waals surface area (Å²) in [5.74, 6) is 3.68. The lowest BCUT2D eigenvalue weighted by atomic mass is 9.49. The van der Waals surface area contributed by atoms with E-state index in [0.717, 1.165) is 36.6 Å². The molecular formula is C23H34F3N3O2. The van der Waals surface area contributed by atoms with Crippen LogP contribution in [0.2, 0.25) is 0 Å². The predicted octanol–water partition coefficient (Wildman–Crippen LogP) is 5.38. The number of nitrogens with zero attached hydrogens (tertiary/aromatic N) is 3. The number of aliphatic carboxylic acids is 1. The van der Waals surface area contributed by atoms with Crippen LogP contribution in [-0.4, -0.2) is 32.0 Å². The van der Waals surface area contributed by atoms with Crippen molar-refractivity contribution in [1.29, 1.82) is 0 Å². The smallest absolute Gasteiger partial charge is 0.475 e. The lowest BCUT2D eigenvalue weighted by Crippen LogP contribution is -2.49. The van der Waals surface area contributed by atoms with Gasteiger partial charge >= 0.3 is 12.1 Å². The molecule has 6 rings (SSSR count). The minimum Gasteiger partial charge on any atom is -0.475 e. The van der Waals surface area contributed by atoms with E-state index in [4.69, 9.17) is 20.1 Å². The summed E-state index contributed by atoms with van der Waals surface area (Å²) in [6.45, 7) is 8.37. The zero-order valence-corrected chi connectivity index (χ0v) is 18.7. The van der Waals surface area contributed by atoms with Gasteiger partial charge in [0, 0.05) is 18.4 Å². The predicted molar refractivity (Wildman–Crippen MR) is 109 cm³/mol. The van der Waals surface area contributed by atoms with Gasteiger partial charge in [0.25, 0.3) is 0 Å². The second-order valence-electron chi connectivity index (χ2n) is 11.5. The Kier molecular flexibility index (Phi) is 5.66. The number of hydrogen-bond donors (Lipinski definition) is 1. The Labute approximate surface area is 181 Å². The average Bonchev–Trinajstić information content (AvgIpc) is 2.91. The van der Waals surface area contributed by atoms with E-state index in [-0.39, 0.29) is 0 Å². The number of alkyl halides is 3. The van der Waals surface area contributed by atoms with Gasteiger partial charge in [-0.15, -0.1) is 10.2 Å². The van der Waals surface area contributed by atoms with Crippen molar-refractivity contribution < 1.29 is 23.1 Å². The monoisotopic (exact) mass is 441 g/mol. The van der Waals surface area contributed by atoms with Gasteiger partial charge in [-0.2, -0.15) is 13.2 Å². The van der Waals surface area contributed by atoms with Gasteiger partial charge in [-0.3, -0.25) is 0 Å². The molecule has 4 fully saturated rings. The molecule has 1 aliphatic heterocycles. The molecule has 1 atom stereocenters. The Bertz CT molecular complexity index is 790. The van der Waals surface area contributed by atoms with Crippen LogP contribution in [-0.2, 0) is 23.2 Å². The van der Waals surface area contributed by atoms with E-state index in [2.05, 4.69) is 25.3 Å². The first kappa shape index (κ1) is 22.6. The van der Waals surface area contributed by atoms with Crippen molar-refractivity contribution >= 4 is 5.97 Å². The molecule has 0 radical (unpaired) electrons. The van der Waals surface area contributed by atoms with Crippen LogP contribution in [0.25, 0.3) is 0 Å². The fourth-order valence-corrected chi connectivity index (χ4v) is 7.13. The van der Waals surface area contributed by atoms with Crippen molar-refractivity contribution in [1.82, 2.24) is 14.8 Å². The molecule has 31 heavy (non-hydrogen) atoms. The molecule has 174 valence electrons. The fourth-order valence-electron chi connectivity index (χ4n) is 7.13. The Morgan fingerprint density at radius 1 is 1.00 bits per heavy atom. The normalized spacial score (nSPS) is 34.5. The van der Waals surface area contributed by atoms with Gasteiger partial charge in [0.2, 0.25) is 0 Å². The number of carbonyl (C=O) groups is 1. The first-order valence-corrected chi connectivity index (χ1v) is 11.6. The molecule has 1 N–H and O–H groups in total. The highest BCUT2D eigenvalue weighted by Gasteiger charge is 2.54. The van der Waals surface area contributed by atoms with Gasteiger partial charge in [0.15, 0.2) is 0 Å². The zero-order valence-electron chi connectivity index (χ0n) is 18.7. The summed E-state index contributed by atoms with van der Waals surface area (Å²) in [4.78, 5) is 8.90. The third-order valence-corrected chi connectivity index (χ3v) is 8.22. The Hall–Kier alpha value is -1.60. The minimum absolute atomic E-state index is 0.390. The number of carboxylic acid groups (broad SMARTS) is 1. The molecule has 0 aromatic carbocycles. The summed E-state index contributed by atoms with van der Waals surface area (Å²) in [6, 6.07) is 0. The fraction of sp³-hybridized carbons (Fsp3) is 0.870. The van der Waals surface area contributed by atoms with Gasteiger partial charge < -0.3 is 9.67 Å². The number of carboxylic acids is 1. The van der Waals surface area contributed by atoms with Crippen molar-refractivity contribution in [2.45, 2.75) is 96.7 Å². The SMILES string of the molecule is CC(C)(C)C1CCc2nnc(C34CC5CC(CC(C5)C3)C4)n2CC1.O=C(O)C(F)(F)F. The zero-order chi connectivity index (χ0) is 22.6. The maximum atomic E-state index is 10.6. The Morgan fingerprint density at radius 3 is 1.97 bits per heavy atom. The van der Waals surface area contributed by atoms with Crippen molar-refractivity contribution in [2.75, 3.05) is 0 Å². The Balaban J connectivity index is 0.000000289. The molecule has 0 spiro atoms. The van der Waals surface area contributed by atoms with Crippen molar-refractivity contribution in [3.05, 3.63) is 11.6 Å².